The molecule has 30 heavy (non-hydrogen) atoms. The lowest BCUT2D eigenvalue weighted by molar-refractivity contribution is -0.134. The van der Waals surface area contributed by atoms with E-state index >= 15 is 0 Å². The van der Waals surface area contributed by atoms with E-state index in [9.17, 15) is 4.79 Å². The fraction of sp³-hybridized carbons (Fsp3) is 0.750. The van der Waals surface area contributed by atoms with Crippen molar-refractivity contribution in [3.63, 3.8) is 0 Å². The van der Waals surface area contributed by atoms with Gasteiger partial charge in [-0.3, -0.25) is 4.79 Å². The van der Waals surface area contributed by atoms with Crippen molar-refractivity contribution in [1.82, 2.24) is 0 Å². The van der Waals surface area contributed by atoms with Gasteiger partial charge in [0, 0.05) is 6.42 Å². The van der Waals surface area contributed by atoms with Crippen molar-refractivity contribution in [2.24, 2.45) is 11.8 Å². The summed E-state index contributed by atoms with van der Waals surface area (Å²) in [6.45, 7) is 6.66. The van der Waals surface area contributed by atoms with Crippen LogP contribution in [-0.2, 0) is 11.2 Å². The average Bonchev–Trinajstić information content (AvgIpc) is 2.74. The number of benzene rings is 1. The van der Waals surface area contributed by atoms with Crippen molar-refractivity contribution < 1.29 is 9.53 Å². The van der Waals surface area contributed by atoms with Crippen molar-refractivity contribution >= 4 is 5.97 Å². The first-order chi connectivity index (χ1) is 14.6. The van der Waals surface area contributed by atoms with Gasteiger partial charge < -0.3 is 4.74 Å². The maximum atomic E-state index is 12.1. The molecular weight excluding hydrogens is 368 g/mol. The Balaban J connectivity index is 1.67. The lowest BCUT2D eigenvalue weighted by Gasteiger charge is -2.28. The summed E-state index contributed by atoms with van der Waals surface area (Å²) in [6.07, 6.45) is 20.1. The minimum absolute atomic E-state index is 0.0886. The van der Waals surface area contributed by atoms with Crippen molar-refractivity contribution in [3.05, 3.63) is 29.3 Å². The van der Waals surface area contributed by atoms with Crippen molar-refractivity contribution in [2.45, 2.75) is 124 Å². The van der Waals surface area contributed by atoms with Crippen LogP contribution < -0.4 is 4.74 Å². The quantitative estimate of drug-likeness (QED) is 0.173. The van der Waals surface area contributed by atoms with Crippen LogP contribution in [0.2, 0.25) is 0 Å². The van der Waals surface area contributed by atoms with Gasteiger partial charge in [0.15, 0.2) is 0 Å². The number of esters is 1. The molecule has 2 heteroatoms. The number of ether oxygens (including phenoxy) is 1. The maximum Gasteiger partial charge on any atom is 0.311 e. The standard InChI is InChI=1S/C28H46O2/c1-4-6-8-9-11-13-28(29)30-27-21-20-26(23(3)22-27)19-18-25-16-14-24(15-17-25)12-10-7-5-2/h20-22,24-25H,4-19H2,1-3H3. The van der Waals surface area contributed by atoms with Crippen molar-refractivity contribution in [1.29, 1.82) is 0 Å². The minimum Gasteiger partial charge on any atom is -0.427 e. The molecule has 0 bridgehead atoms. The van der Waals surface area contributed by atoms with Crippen molar-refractivity contribution in [2.75, 3.05) is 0 Å². The van der Waals surface area contributed by atoms with E-state index in [1.54, 1.807) is 0 Å². The molecule has 1 aliphatic carbocycles. The highest BCUT2D eigenvalue weighted by Crippen LogP contribution is 2.34. The van der Waals surface area contributed by atoms with E-state index in [1.807, 2.05) is 6.07 Å². The Hall–Kier alpha value is -1.31. The monoisotopic (exact) mass is 414 g/mol. The number of hydrogen-bond acceptors (Lipinski definition) is 2. The predicted molar refractivity (Wildman–Crippen MR) is 128 cm³/mol. The first-order valence-corrected chi connectivity index (χ1v) is 12.9. The molecule has 0 aromatic heterocycles. The summed E-state index contributed by atoms with van der Waals surface area (Å²) in [6, 6.07) is 6.21. The highest BCUT2D eigenvalue weighted by Gasteiger charge is 2.20. The Morgan fingerprint density at radius 1 is 0.867 bits per heavy atom. The van der Waals surface area contributed by atoms with E-state index < -0.39 is 0 Å². The van der Waals surface area contributed by atoms with E-state index in [0.29, 0.717) is 12.2 Å². The largest absolute Gasteiger partial charge is 0.427 e. The summed E-state index contributed by atoms with van der Waals surface area (Å²) < 4.78 is 5.56. The molecule has 0 atom stereocenters. The van der Waals surface area contributed by atoms with Gasteiger partial charge in [-0.1, -0.05) is 97.0 Å². The minimum atomic E-state index is -0.0886. The van der Waals surface area contributed by atoms with Crippen LogP contribution >= 0.6 is 0 Å². The molecule has 1 saturated carbocycles. The number of unbranched alkanes of at least 4 members (excludes halogenated alkanes) is 6. The van der Waals surface area contributed by atoms with Crippen LogP contribution in [0.4, 0.5) is 0 Å². The van der Waals surface area contributed by atoms with Crippen LogP contribution in [0.5, 0.6) is 5.75 Å². The number of rotatable bonds is 14. The van der Waals surface area contributed by atoms with Gasteiger partial charge in [0.25, 0.3) is 0 Å². The van der Waals surface area contributed by atoms with E-state index in [2.05, 4.69) is 32.9 Å². The second-order valence-electron chi connectivity index (χ2n) is 9.65. The smallest absolute Gasteiger partial charge is 0.311 e. The summed E-state index contributed by atoms with van der Waals surface area (Å²) in [4.78, 5) is 12.1. The van der Waals surface area contributed by atoms with Crippen LogP contribution in [0.15, 0.2) is 18.2 Å². The molecule has 0 spiro atoms. The molecule has 1 aromatic carbocycles. The zero-order chi connectivity index (χ0) is 21.6. The molecule has 170 valence electrons. The van der Waals surface area contributed by atoms with E-state index in [-0.39, 0.29) is 5.97 Å². The zero-order valence-electron chi connectivity index (χ0n) is 20.0. The Labute approximate surface area is 186 Å². The van der Waals surface area contributed by atoms with E-state index in [1.165, 1.54) is 88.2 Å². The normalized spacial score (nSPS) is 19.0. The van der Waals surface area contributed by atoms with Crippen LogP contribution in [-0.4, -0.2) is 5.97 Å². The molecule has 1 aromatic rings. The first kappa shape index (κ1) is 25.0. The SMILES string of the molecule is CCCCCCCC(=O)Oc1ccc(CCC2CCC(CCCCC)CC2)c(C)c1. The highest BCUT2D eigenvalue weighted by molar-refractivity contribution is 5.72. The topological polar surface area (TPSA) is 26.3 Å². The summed E-state index contributed by atoms with van der Waals surface area (Å²) in [5.74, 6) is 2.52. The predicted octanol–water partition coefficient (Wildman–Crippen LogP) is 8.58. The number of hydrogen-bond donors (Lipinski definition) is 0. The molecule has 0 aliphatic heterocycles. The van der Waals surface area contributed by atoms with Gasteiger partial charge >= 0.3 is 5.97 Å². The van der Waals surface area contributed by atoms with E-state index in [4.69, 9.17) is 4.74 Å². The summed E-state index contributed by atoms with van der Waals surface area (Å²) in [7, 11) is 0. The second kappa shape index (κ2) is 14.7. The average molecular weight is 415 g/mol. The van der Waals surface area contributed by atoms with E-state index in [0.717, 1.165) is 31.1 Å². The molecule has 0 saturated heterocycles. The van der Waals surface area contributed by atoms with Gasteiger partial charge in [-0.25, -0.2) is 0 Å². The van der Waals surface area contributed by atoms with Crippen LogP contribution in [0.3, 0.4) is 0 Å². The fourth-order valence-electron chi connectivity index (χ4n) is 4.92. The Kier molecular flexibility index (Phi) is 12.2. The van der Waals surface area contributed by atoms with Gasteiger partial charge in [0.1, 0.15) is 5.75 Å². The molecule has 0 N–H and O–H groups in total. The first-order valence-electron chi connectivity index (χ1n) is 12.9. The van der Waals surface area contributed by atoms with Crippen molar-refractivity contribution in [3.8, 4) is 5.75 Å². The van der Waals surface area contributed by atoms with Crippen LogP contribution in [0.1, 0.15) is 121 Å². The van der Waals surface area contributed by atoms with Gasteiger partial charge in [-0.05, 0) is 61.3 Å². The van der Waals surface area contributed by atoms with Gasteiger partial charge in [-0.15, -0.1) is 0 Å². The number of carbonyl (C=O) groups excluding carboxylic acids is 1. The molecule has 0 heterocycles. The number of carbonyl (C=O) groups is 1. The Bertz CT molecular complexity index is 599. The Morgan fingerprint density at radius 3 is 2.17 bits per heavy atom. The third-order valence-electron chi connectivity index (χ3n) is 7.03. The van der Waals surface area contributed by atoms with Gasteiger partial charge in [-0.2, -0.15) is 0 Å². The molecule has 1 aliphatic rings. The van der Waals surface area contributed by atoms with Gasteiger partial charge in [0.05, 0.1) is 0 Å². The third kappa shape index (κ3) is 9.67. The molecule has 2 rings (SSSR count). The molecule has 0 unspecified atom stereocenters. The van der Waals surface area contributed by atoms with Crippen LogP contribution in [0, 0.1) is 18.8 Å². The third-order valence-corrected chi connectivity index (χ3v) is 7.03. The van der Waals surface area contributed by atoms with Gasteiger partial charge in [0.2, 0.25) is 0 Å². The lowest BCUT2D eigenvalue weighted by Crippen LogP contribution is -2.15. The molecule has 2 nitrogen and oxygen atoms in total. The maximum absolute atomic E-state index is 12.1. The lowest BCUT2D eigenvalue weighted by atomic mass is 9.77. The number of aryl methyl sites for hydroxylation is 2. The molecule has 1 fully saturated rings. The fourth-order valence-corrected chi connectivity index (χ4v) is 4.92. The van der Waals surface area contributed by atoms with Crippen LogP contribution in [0.25, 0.3) is 0 Å². The molecule has 0 amide bonds. The summed E-state index contributed by atoms with van der Waals surface area (Å²) in [5, 5.41) is 0. The molecule has 0 radical (unpaired) electrons. The highest BCUT2D eigenvalue weighted by atomic mass is 16.5. The Morgan fingerprint density at radius 2 is 1.50 bits per heavy atom. The second-order valence-corrected chi connectivity index (χ2v) is 9.65. The summed E-state index contributed by atoms with van der Waals surface area (Å²) >= 11 is 0. The summed E-state index contributed by atoms with van der Waals surface area (Å²) in [5.41, 5.74) is 2.68. The zero-order valence-corrected chi connectivity index (χ0v) is 20.0. The molecular formula is C28H46O2.